The van der Waals surface area contributed by atoms with Crippen LogP contribution in [0, 0.1) is 22.7 Å². The monoisotopic (exact) mass is 388 g/mol. The van der Waals surface area contributed by atoms with Gasteiger partial charge in [0, 0.05) is 0 Å². The summed E-state index contributed by atoms with van der Waals surface area (Å²) in [6.07, 6.45) is -1.08. The topological polar surface area (TPSA) is 88.1 Å². The molecule has 0 spiro atoms. The van der Waals surface area contributed by atoms with E-state index in [4.69, 9.17) is 18.9 Å². The largest absolute Gasteiger partial charge is 0.508 e. The first-order valence-corrected chi connectivity index (χ1v) is 9.32. The van der Waals surface area contributed by atoms with Crippen molar-refractivity contribution in [3.8, 4) is 0 Å². The van der Waals surface area contributed by atoms with Crippen molar-refractivity contribution in [3.05, 3.63) is 0 Å². The fourth-order valence-corrected chi connectivity index (χ4v) is 1.47. The van der Waals surface area contributed by atoms with Crippen LogP contribution in [-0.2, 0) is 28.5 Å². The van der Waals surface area contributed by atoms with E-state index in [1.165, 1.54) is 0 Å². The average Bonchev–Trinajstić information content (AvgIpc) is 2.51. The summed E-state index contributed by atoms with van der Waals surface area (Å²) in [6.45, 7) is 15.9. The average molecular weight is 389 g/mol. The third-order valence-electron chi connectivity index (χ3n) is 3.78. The van der Waals surface area contributed by atoms with Crippen molar-refractivity contribution in [1.82, 2.24) is 0 Å². The van der Waals surface area contributed by atoms with E-state index in [2.05, 4.69) is 0 Å². The van der Waals surface area contributed by atoms with Crippen LogP contribution in [0.2, 0.25) is 0 Å². The van der Waals surface area contributed by atoms with Crippen LogP contribution in [0.1, 0.15) is 62.3 Å². The van der Waals surface area contributed by atoms with Crippen molar-refractivity contribution in [3.63, 3.8) is 0 Å². The number of hydrogen-bond donors (Lipinski definition) is 0. The first-order chi connectivity index (χ1) is 12.1. The highest BCUT2D eigenvalue weighted by Crippen LogP contribution is 2.18. The summed E-state index contributed by atoms with van der Waals surface area (Å²) >= 11 is 0. The SMILES string of the molecule is CC(C)C(C)OC(=O)OCC(COC(=O)C(C)(C)C)COC(=O)C(C)(C)C. The molecule has 0 fully saturated rings. The molecule has 0 aromatic rings. The zero-order chi connectivity index (χ0) is 21.4. The van der Waals surface area contributed by atoms with Crippen LogP contribution in [0.4, 0.5) is 4.79 Å². The second-order valence-corrected chi connectivity index (χ2v) is 9.19. The van der Waals surface area contributed by atoms with E-state index in [1.54, 1.807) is 48.5 Å². The molecule has 0 amide bonds. The molecule has 0 aromatic heterocycles. The lowest BCUT2D eigenvalue weighted by Gasteiger charge is -2.23. The molecule has 0 N–H and O–H groups in total. The van der Waals surface area contributed by atoms with E-state index in [9.17, 15) is 14.4 Å². The van der Waals surface area contributed by atoms with Crippen molar-refractivity contribution < 1.29 is 33.3 Å². The van der Waals surface area contributed by atoms with Gasteiger partial charge in [-0.25, -0.2) is 4.79 Å². The van der Waals surface area contributed by atoms with Gasteiger partial charge >= 0.3 is 18.1 Å². The molecule has 0 aliphatic carbocycles. The number of esters is 2. The van der Waals surface area contributed by atoms with Gasteiger partial charge in [-0.1, -0.05) is 13.8 Å². The molecule has 0 saturated carbocycles. The van der Waals surface area contributed by atoms with Crippen molar-refractivity contribution in [1.29, 1.82) is 0 Å². The van der Waals surface area contributed by atoms with Crippen LogP contribution in [0.15, 0.2) is 0 Å². The highest BCUT2D eigenvalue weighted by atomic mass is 16.7. The molecule has 0 saturated heterocycles. The first-order valence-electron chi connectivity index (χ1n) is 9.32. The number of carbonyl (C=O) groups excluding carboxylic acids is 3. The standard InChI is InChI=1S/C20H36O7/c1-13(2)14(3)27-18(23)26-12-15(10-24-16(21)19(4,5)6)11-25-17(22)20(7,8)9/h13-15H,10-12H2,1-9H3. The molecule has 0 radical (unpaired) electrons. The van der Waals surface area contributed by atoms with Crippen molar-refractivity contribution in [2.75, 3.05) is 19.8 Å². The zero-order valence-electron chi connectivity index (χ0n) is 18.2. The molecule has 1 unspecified atom stereocenters. The van der Waals surface area contributed by atoms with Crippen LogP contribution in [-0.4, -0.2) is 44.0 Å². The molecule has 0 aliphatic heterocycles. The highest BCUT2D eigenvalue weighted by Gasteiger charge is 2.28. The van der Waals surface area contributed by atoms with E-state index < -0.39 is 22.9 Å². The molecule has 0 heterocycles. The minimum Gasteiger partial charge on any atom is -0.465 e. The van der Waals surface area contributed by atoms with Crippen LogP contribution in [0.3, 0.4) is 0 Å². The zero-order valence-corrected chi connectivity index (χ0v) is 18.2. The molecular formula is C20H36O7. The van der Waals surface area contributed by atoms with Gasteiger partial charge in [-0.3, -0.25) is 9.59 Å². The van der Waals surface area contributed by atoms with E-state index in [0.29, 0.717) is 0 Å². The molecule has 0 bridgehead atoms. The third kappa shape index (κ3) is 10.8. The summed E-state index contributed by atoms with van der Waals surface area (Å²) < 4.78 is 20.8. The molecule has 0 aliphatic rings. The smallest absolute Gasteiger partial charge is 0.465 e. The van der Waals surface area contributed by atoms with E-state index in [1.807, 2.05) is 13.8 Å². The van der Waals surface area contributed by atoms with Gasteiger partial charge in [0.05, 0.1) is 16.7 Å². The van der Waals surface area contributed by atoms with Crippen LogP contribution >= 0.6 is 0 Å². The Morgan fingerprint density at radius 2 is 1.07 bits per heavy atom. The number of ether oxygens (including phenoxy) is 4. The molecule has 0 aromatic carbocycles. The van der Waals surface area contributed by atoms with Gasteiger partial charge in [0.2, 0.25) is 0 Å². The second-order valence-electron chi connectivity index (χ2n) is 9.19. The predicted octanol–water partition coefficient (Wildman–Crippen LogP) is 3.98. The van der Waals surface area contributed by atoms with Crippen LogP contribution in [0.5, 0.6) is 0 Å². The fraction of sp³-hybridized carbons (Fsp3) is 0.850. The van der Waals surface area contributed by atoms with Gasteiger partial charge in [-0.2, -0.15) is 0 Å². The van der Waals surface area contributed by atoms with E-state index in [0.717, 1.165) is 0 Å². The fourth-order valence-electron chi connectivity index (χ4n) is 1.47. The van der Waals surface area contributed by atoms with E-state index in [-0.39, 0.29) is 43.8 Å². The minimum absolute atomic E-state index is 0.0272. The summed E-state index contributed by atoms with van der Waals surface area (Å²) in [5.41, 5.74) is -1.31. The van der Waals surface area contributed by atoms with Crippen LogP contribution < -0.4 is 0 Å². The van der Waals surface area contributed by atoms with Gasteiger partial charge < -0.3 is 18.9 Å². The van der Waals surface area contributed by atoms with Gasteiger partial charge in [0.15, 0.2) is 0 Å². The normalized spacial score (nSPS) is 13.3. The Labute approximate surface area is 163 Å². The first kappa shape index (κ1) is 25.2. The van der Waals surface area contributed by atoms with Crippen molar-refractivity contribution in [2.24, 2.45) is 22.7 Å². The molecule has 158 valence electrons. The Hall–Kier alpha value is -1.79. The molecule has 0 rings (SSSR count). The lowest BCUT2D eigenvalue weighted by atomic mass is 9.97. The van der Waals surface area contributed by atoms with Crippen molar-refractivity contribution in [2.45, 2.75) is 68.4 Å². The number of carbonyl (C=O) groups is 3. The maximum atomic E-state index is 12.0. The molecule has 7 nitrogen and oxygen atoms in total. The Morgan fingerprint density at radius 3 is 1.41 bits per heavy atom. The molecule has 1 atom stereocenters. The number of hydrogen-bond acceptors (Lipinski definition) is 7. The Morgan fingerprint density at radius 1 is 0.704 bits per heavy atom. The molecule has 27 heavy (non-hydrogen) atoms. The lowest BCUT2D eigenvalue weighted by molar-refractivity contribution is -0.159. The quantitative estimate of drug-likeness (QED) is 0.459. The molecular weight excluding hydrogens is 352 g/mol. The second kappa shape index (κ2) is 10.5. The Balaban J connectivity index is 4.74. The molecule has 7 heteroatoms. The summed E-state index contributed by atoms with van der Waals surface area (Å²) in [4.78, 5) is 35.7. The summed E-state index contributed by atoms with van der Waals surface area (Å²) in [6, 6.07) is 0. The summed E-state index contributed by atoms with van der Waals surface area (Å²) in [5.74, 6) is -1.09. The Bertz CT molecular complexity index is 467. The number of rotatable bonds is 8. The van der Waals surface area contributed by atoms with Gasteiger partial charge in [-0.05, 0) is 54.4 Å². The third-order valence-corrected chi connectivity index (χ3v) is 3.78. The predicted molar refractivity (Wildman–Crippen MR) is 101 cm³/mol. The van der Waals surface area contributed by atoms with E-state index >= 15 is 0 Å². The minimum atomic E-state index is -0.800. The summed E-state index contributed by atoms with van der Waals surface area (Å²) in [5, 5.41) is 0. The van der Waals surface area contributed by atoms with Gasteiger partial charge in [0.25, 0.3) is 0 Å². The summed E-state index contributed by atoms with van der Waals surface area (Å²) in [7, 11) is 0. The lowest BCUT2D eigenvalue weighted by Crippen LogP contribution is -2.32. The van der Waals surface area contributed by atoms with Crippen LogP contribution in [0.25, 0.3) is 0 Å². The van der Waals surface area contributed by atoms with Gasteiger partial charge in [0.1, 0.15) is 25.9 Å². The Kier molecular flexibility index (Phi) is 9.82. The van der Waals surface area contributed by atoms with Gasteiger partial charge in [-0.15, -0.1) is 0 Å². The van der Waals surface area contributed by atoms with Crippen molar-refractivity contribution >= 4 is 18.1 Å². The highest BCUT2D eigenvalue weighted by molar-refractivity contribution is 5.75. The maximum absolute atomic E-state index is 12.0. The maximum Gasteiger partial charge on any atom is 0.508 e.